The van der Waals surface area contributed by atoms with Gasteiger partial charge in [-0.05, 0) is 19.1 Å². The van der Waals surface area contributed by atoms with Crippen LogP contribution in [0.1, 0.15) is 29.8 Å². The largest absolute Gasteiger partial charge is 0.462 e. The molecule has 0 saturated heterocycles. The van der Waals surface area contributed by atoms with Crippen LogP contribution in [0.3, 0.4) is 0 Å². The molecule has 0 atom stereocenters. The highest BCUT2D eigenvalue weighted by atomic mass is 19.3. The van der Waals surface area contributed by atoms with Crippen molar-refractivity contribution in [1.82, 2.24) is 9.61 Å². The minimum absolute atomic E-state index is 0.159. The number of nitrogens with zero attached hydrogens (tertiary/aromatic N) is 2. The van der Waals surface area contributed by atoms with Crippen LogP contribution in [-0.4, -0.2) is 22.2 Å². The number of alkyl halides is 2. The maximum Gasteiger partial charge on any atom is 0.341 e. The summed E-state index contributed by atoms with van der Waals surface area (Å²) in [4.78, 5) is 11.6. The standard InChI is InChI=1S/C12H12F2N2O2/c1-3-18-11(17)9-6-15-16-7-8(12(2,13)14)4-5-10(9)16/h4-7H,3H2,1-2H3. The lowest BCUT2D eigenvalue weighted by Crippen LogP contribution is -2.09. The van der Waals surface area contributed by atoms with Gasteiger partial charge in [-0.2, -0.15) is 5.10 Å². The number of carbonyl (C=O) groups excluding carboxylic acids is 1. The fourth-order valence-electron chi connectivity index (χ4n) is 1.61. The molecule has 2 rings (SSSR count). The molecule has 2 heterocycles. The number of rotatable bonds is 3. The normalized spacial score (nSPS) is 11.8. The monoisotopic (exact) mass is 254 g/mol. The van der Waals surface area contributed by atoms with Gasteiger partial charge >= 0.3 is 5.97 Å². The molecule has 0 fully saturated rings. The second-order valence-electron chi connectivity index (χ2n) is 3.91. The summed E-state index contributed by atoms with van der Waals surface area (Å²) in [6.07, 6.45) is 2.52. The van der Waals surface area contributed by atoms with Gasteiger partial charge in [-0.1, -0.05) is 0 Å². The topological polar surface area (TPSA) is 43.6 Å². The molecule has 0 unspecified atom stereocenters. The van der Waals surface area contributed by atoms with Crippen molar-refractivity contribution in [3.05, 3.63) is 35.7 Å². The molecule has 0 saturated carbocycles. The minimum Gasteiger partial charge on any atom is -0.462 e. The van der Waals surface area contributed by atoms with E-state index in [1.807, 2.05) is 0 Å². The Labute approximate surface area is 102 Å². The molecule has 0 aromatic carbocycles. The van der Waals surface area contributed by atoms with E-state index in [2.05, 4.69) is 5.10 Å². The van der Waals surface area contributed by atoms with E-state index >= 15 is 0 Å². The molecule has 0 spiro atoms. The lowest BCUT2D eigenvalue weighted by atomic mass is 10.1. The van der Waals surface area contributed by atoms with Gasteiger partial charge in [-0.3, -0.25) is 0 Å². The second-order valence-corrected chi connectivity index (χ2v) is 3.91. The predicted molar refractivity (Wildman–Crippen MR) is 60.7 cm³/mol. The number of hydrogen-bond acceptors (Lipinski definition) is 3. The molecular weight excluding hydrogens is 242 g/mol. The van der Waals surface area contributed by atoms with Gasteiger partial charge in [-0.25, -0.2) is 18.1 Å². The molecule has 0 radical (unpaired) electrons. The number of pyridine rings is 1. The first-order valence-corrected chi connectivity index (χ1v) is 5.46. The lowest BCUT2D eigenvalue weighted by molar-refractivity contribution is 0.0169. The first kappa shape index (κ1) is 12.5. The van der Waals surface area contributed by atoms with Crippen LogP contribution in [0.15, 0.2) is 24.5 Å². The number of esters is 1. The average Bonchev–Trinajstić information content (AvgIpc) is 2.70. The van der Waals surface area contributed by atoms with E-state index < -0.39 is 11.9 Å². The van der Waals surface area contributed by atoms with Crippen LogP contribution in [0.5, 0.6) is 0 Å². The maximum atomic E-state index is 13.1. The van der Waals surface area contributed by atoms with Crippen molar-refractivity contribution in [3.63, 3.8) is 0 Å². The summed E-state index contributed by atoms with van der Waals surface area (Å²) in [5.41, 5.74) is 0.553. The van der Waals surface area contributed by atoms with Crippen molar-refractivity contribution < 1.29 is 18.3 Å². The first-order valence-electron chi connectivity index (χ1n) is 5.46. The first-order chi connectivity index (χ1) is 8.43. The number of halogens is 2. The third-order valence-corrected chi connectivity index (χ3v) is 2.52. The molecule has 96 valence electrons. The quantitative estimate of drug-likeness (QED) is 0.791. The molecule has 2 aromatic heterocycles. The van der Waals surface area contributed by atoms with Crippen molar-refractivity contribution in [2.24, 2.45) is 0 Å². The Balaban J connectivity index is 2.47. The van der Waals surface area contributed by atoms with E-state index in [1.54, 1.807) is 6.92 Å². The van der Waals surface area contributed by atoms with Gasteiger partial charge in [0.05, 0.1) is 18.3 Å². The molecule has 0 aliphatic heterocycles. The van der Waals surface area contributed by atoms with E-state index in [-0.39, 0.29) is 17.7 Å². The summed E-state index contributed by atoms with van der Waals surface area (Å²) >= 11 is 0. The Morgan fingerprint density at radius 1 is 1.50 bits per heavy atom. The molecule has 18 heavy (non-hydrogen) atoms. The zero-order valence-corrected chi connectivity index (χ0v) is 9.98. The third kappa shape index (κ3) is 2.18. The van der Waals surface area contributed by atoms with Crippen molar-refractivity contribution in [1.29, 1.82) is 0 Å². The highest BCUT2D eigenvalue weighted by Gasteiger charge is 2.25. The number of hydrogen-bond donors (Lipinski definition) is 0. The predicted octanol–water partition coefficient (Wildman–Crippen LogP) is 2.62. The molecule has 0 amide bonds. The van der Waals surface area contributed by atoms with E-state index in [0.717, 1.165) is 6.92 Å². The van der Waals surface area contributed by atoms with Gasteiger partial charge < -0.3 is 4.74 Å². The number of aromatic nitrogens is 2. The Morgan fingerprint density at radius 3 is 2.83 bits per heavy atom. The summed E-state index contributed by atoms with van der Waals surface area (Å²) < 4.78 is 32.4. The summed E-state index contributed by atoms with van der Waals surface area (Å²) in [6.45, 7) is 2.75. The number of ether oxygens (including phenoxy) is 1. The van der Waals surface area contributed by atoms with Crippen molar-refractivity contribution in [2.45, 2.75) is 19.8 Å². The molecular formula is C12H12F2N2O2. The van der Waals surface area contributed by atoms with Gasteiger partial charge in [0.2, 0.25) is 0 Å². The van der Waals surface area contributed by atoms with E-state index in [4.69, 9.17) is 4.74 Å². The molecule has 0 N–H and O–H groups in total. The van der Waals surface area contributed by atoms with Gasteiger partial charge in [-0.15, -0.1) is 0 Å². The molecule has 0 aliphatic rings. The fraction of sp³-hybridized carbons (Fsp3) is 0.333. The minimum atomic E-state index is -2.94. The van der Waals surface area contributed by atoms with Gasteiger partial charge in [0, 0.05) is 18.7 Å². The zero-order chi connectivity index (χ0) is 13.3. The van der Waals surface area contributed by atoms with Crippen molar-refractivity contribution >= 4 is 11.5 Å². The Bertz CT molecular complexity index is 587. The lowest BCUT2D eigenvalue weighted by Gasteiger charge is -2.10. The van der Waals surface area contributed by atoms with Gasteiger partial charge in [0.1, 0.15) is 5.56 Å². The molecule has 2 aromatic rings. The van der Waals surface area contributed by atoms with Crippen LogP contribution in [0.2, 0.25) is 0 Å². The molecule has 0 bridgehead atoms. The van der Waals surface area contributed by atoms with Crippen LogP contribution in [0, 0.1) is 0 Å². The van der Waals surface area contributed by atoms with Crippen molar-refractivity contribution in [2.75, 3.05) is 6.61 Å². The summed E-state index contributed by atoms with van der Waals surface area (Å²) in [6, 6.07) is 2.71. The SMILES string of the molecule is CCOC(=O)c1cnn2cc(C(C)(F)F)ccc12. The average molecular weight is 254 g/mol. The Morgan fingerprint density at radius 2 is 2.22 bits per heavy atom. The number of carbonyl (C=O) groups is 1. The molecule has 6 heteroatoms. The smallest absolute Gasteiger partial charge is 0.341 e. The van der Waals surface area contributed by atoms with Gasteiger partial charge in [0.15, 0.2) is 0 Å². The van der Waals surface area contributed by atoms with E-state index in [0.29, 0.717) is 5.52 Å². The summed E-state index contributed by atoms with van der Waals surface area (Å²) in [5, 5.41) is 3.88. The maximum absolute atomic E-state index is 13.1. The zero-order valence-electron chi connectivity index (χ0n) is 9.98. The summed E-state index contributed by atoms with van der Waals surface area (Å²) in [5.74, 6) is -3.45. The highest BCUT2D eigenvalue weighted by molar-refractivity contribution is 5.96. The molecule has 4 nitrogen and oxygen atoms in total. The van der Waals surface area contributed by atoms with E-state index in [9.17, 15) is 13.6 Å². The Hall–Kier alpha value is -1.98. The highest BCUT2D eigenvalue weighted by Crippen LogP contribution is 2.27. The van der Waals surface area contributed by atoms with Crippen LogP contribution in [0.25, 0.3) is 5.52 Å². The van der Waals surface area contributed by atoms with Crippen LogP contribution in [0.4, 0.5) is 8.78 Å². The fourth-order valence-corrected chi connectivity index (χ4v) is 1.61. The number of fused-ring (bicyclic) bond motifs is 1. The Kier molecular flexibility index (Phi) is 3.02. The van der Waals surface area contributed by atoms with Gasteiger partial charge in [0.25, 0.3) is 5.92 Å². The van der Waals surface area contributed by atoms with Crippen LogP contribution in [-0.2, 0) is 10.7 Å². The second kappa shape index (κ2) is 4.36. The van der Waals surface area contributed by atoms with E-state index in [1.165, 1.54) is 29.0 Å². The summed E-state index contributed by atoms with van der Waals surface area (Å²) in [7, 11) is 0. The van der Waals surface area contributed by atoms with Crippen molar-refractivity contribution in [3.8, 4) is 0 Å². The molecule has 0 aliphatic carbocycles. The third-order valence-electron chi connectivity index (χ3n) is 2.52. The van der Waals surface area contributed by atoms with Crippen LogP contribution >= 0.6 is 0 Å². The van der Waals surface area contributed by atoms with Crippen LogP contribution < -0.4 is 0 Å².